The number of hydrogen-bond donors (Lipinski definition) is 1. The Morgan fingerprint density at radius 1 is 1.69 bits per heavy atom. The van der Waals surface area contributed by atoms with Gasteiger partial charge in [-0.3, -0.25) is 0 Å². The van der Waals surface area contributed by atoms with Crippen LogP contribution in [0.1, 0.15) is 17.7 Å². The molecule has 1 heterocycles. The molecule has 0 aliphatic heterocycles. The number of nitrogens with zero attached hydrogens (tertiary/aromatic N) is 2. The lowest BCUT2D eigenvalue weighted by Gasteiger charge is -2.13. The SMILES string of the molecule is CNCc1cnc(N(C)C2CC2)s1. The van der Waals surface area contributed by atoms with Gasteiger partial charge in [-0.25, -0.2) is 4.98 Å². The van der Waals surface area contributed by atoms with Gasteiger partial charge in [0.2, 0.25) is 0 Å². The summed E-state index contributed by atoms with van der Waals surface area (Å²) in [6, 6.07) is 0.758. The topological polar surface area (TPSA) is 28.2 Å². The first-order chi connectivity index (χ1) is 6.31. The van der Waals surface area contributed by atoms with Gasteiger partial charge in [-0.15, -0.1) is 11.3 Å². The summed E-state index contributed by atoms with van der Waals surface area (Å²) in [5, 5.41) is 4.29. The van der Waals surface area contributed by atoms with Gasteiger partial charge in [-0.05, 0) is 19.9 Å². The molecular formula is C9H15N3S. The van der Waals surface area contributed by atoms with E-state index in [-0.39, 0.29) is 0 Å². The van der Waals surface area contributed by atoms with Crippen LogP contribution >= 0.6 is 11.3 Å². The molecule has 13 heavy (non-hydrogen) atoms. The van der Waals surface area contributed by atoms with E-state index < -0.39 is 0 Å². The third-order valence-corrected chi connectivity index (χ3v) is 3.38. The second kappa shape index (κ2) is 3.64. The van der Waals surface area contributed by atoms with Crippen molar-refractivity contribution < 1.29 is 0 Å². The van der Waals surface area contributed by atoms with Crippen LogP contribution in [-0.2, 0) is 6.54 Å². The molecule has 1 aliphatic carbocycles. The Morgan fingerprint density at radius 3 is 3.08 bits per heavy atom. The van der Waals surface area contributed by atoms with Crippen LogP contribution < -0.4 is 10.2 Å². The van der Waals surface area contributed by atoms with Crippen LogP contribution in [0.3, 0.4) is 0 Å². The highest BCUT2D eigenvalue weighted by molar-refractivity contribution is 7.15. The number of aromatic nitrogens is 1. The van der Waals surface area contributed by atoms with Gasteiger partial charge in [0.25, 0.3) is 0 Å². The Labute approximate surface area is 82.8 Å². The zero-order valence-electron chi connectivity index (χ0n) is 8.08. The van der Waals surface area contributed by atoms with E-state index in [1.165, 1.54) is 17.7 Å². The fourth-order valence-electron chi connectivity index (χ4n) is 1.33. The van der Waals surface area contributed by atoms with Crippen LogP contribution in [0.2, 0.25) is 0 Å². The third-order valence-electron chi connectivity index (χ3n) is 2.29. The van der Waals surface area contributed by atoms with Crippen molar-refractivity contribution in [1.29, 1.82) is 0 Å². The van der Waals surface area contributed by atoms with Gasteiger partial charge in [-0.2, -0.15) is 0 Å². The zero-order chi connectivity index (χ0) is 9.26. The molecule has 1 aromatic rings. The molecule has 4 heteroatoms. The first-order valence-corrected chi connectivity index (χ1v) is 5.45. The molecule has 0 saturated heterocycles. The fourth-order valence-corrected chi connectivity index (χ4v) is 2.29. The van der Waals surface area contributed by atoms with E-state index in [9.17, 15) is 0 Å². The number of nitrogens with one attached hydrogen (secondary N) is 1. The molecule has 72 valence electrons. The summed E-state index contributed by atoms with van der Waals surface area (Å²) in [5.74, 6) is 0. The highest BCUT2D eigenvalue weighted by Crippen LogP contribution is 2.32. The minimum Gasteiger partial charge on any atom is -0.348 e. The van der Waals surface area contributed by atoms with Crippen molar-refractivity contribution in [2.45, 2.75) is 25.4 Å². The van der Waals surface area contributed by atoms with E-state index in [0.717, 1.165) is 17.7 Å². The maximum absolute atomic E-state index is 4.40. The molecule has 0 amide bonds. The van der Waals surface area contributed by atoms with Crippen LogP contribution in [0.15, 0.2) is 6.20 Å². The smallest absolute Gasteiger partial charge is 0.185 e. The maximum atomic E-state index is 4.40. The molecule has 0 aromatic carbocycles. The Morgan fingerprint density at radius 2 is 2.46 bits per heavy atom. The van der Waals surface area contributed by atoms with Crippen LogP contribution in [0.4, 0.5) is 5.13 Å². The number of anilines is 1. The van der Waals surface area contributed by atoms with Crippen LogP contribution in [0.5, 0.6) is 0 Å². The molecular weight excluding hydrogens is 182 g/mol. The lowest BCUT2D eigenvalue weighted by atomic mass is 10.5. The van der Waals surface area contributed by atoms with Crippen molar-refractivity contribution in [3.8, 4) is 0 Å². The quantitative estimate of drug-likeness (QED) is 0.792. The van der Waals surface area contributed by atoms with Gasteiger partial charge in [-0.1, -0.05) is 0 Å². The average Bonchev–Trinajstić information content (AvgIpc) is 2.87. The van der Waals surface area contributed by atoms with Gasteiger partial charge in [0, 0.05) is 30.7 Å². The van der Waals surface area contributed by atoms with Crippen molar-refractivity contribution in [1.82, 2.24) is 10.3 Å². The van der Waals surface area contributed by atoms with E-state index in [4.69, 9.17) is 0 Å². The van der Waals surface area contributed by atoms with Crippen LogP contribution in [0.25, 0.3) is 0 Å². The van der Waals surface area contributed by atoms with Crippen molar-refractivity contribution in [2.24, 2.45) is 0 Å². The number of hydrogen-bond acceptors (Lipinski definition) is 4. The summed E-state index contributed by atoms with van der Waals surface area (Å²) >= 11 is 1.79. The third kappa shape index (κ3) is 2.00. The summed E-state index contributed by atoms with van der Waals surface area (Å²) in [6.45, 7) is 0.927. The molecule has 1 fully saturated rings. The summed E-state index contributed by atoms with van der Waals surface area (Å²) < 4.78 is 0. The molecule has 1 N–H and O–H groups in total. The van der Waals surface area contributed by atoms with Crippen molar-refractivity contribution in [3.63, 3.8) is 0 Å². The Balaban J connectivity index is 2.03. The predicted octanol–water partition coefficient (Wildman–Crippen LogP) is 1.46. The number of thiazole rings is 1. The summed E-state index contributed by atoms with van der Waals surface area (Å²) in [6.07, 6.45) is 4.63. The molecule has 1 aromatic heterocycles. The molecule has 1 saturated carbocycles. The zero-order valence-corrected chi connectivity index (χ0v) is 8.90. The minimum absolute atomic E-state index is 0.758. The average molecular weight is 197 g/mol. The van der Waals surface area contributed by atoms with Crippen molar-refractivity contribution in [3.05, 3.63) is 11.1 Å². The molecule has 0 unspecified atom stereocenters. The summed E-state index contributed by atoms with van der Waals surface area (Å²) in [7, 11) is 4.10. The normalized spacial score (nSPS) is 16.2. The summed E-state index contributed by atoms with van der Waals surface area (Å²) in [4.78, 5) is 8.01. The minimum atomic E-state index is 0.758. The second-order valence-corrected chi connectivity index (χ2v) is 4.58. The van der Waals surface area contributed by atoms with Gasteiger partial charge >= 0.3 is 0 Å². The molecule has 1 aliphatic rings. The second-order valence-electron chi connectivity index (χ2n) is 3.48. The van der Waals surface area contributed by atoms with Crippen molar-refractivity contribution >= 4 is 16.5 Å². The highest BCUT2D eigenvalue weighted by Gasteiger charge is 2.27. The monoisotopic (exact) mass is 197 g/mol. The Bertz CT molecular complexity index is 280. The Kier molecular flexibility index (Phi) is 2.51. The van der Waals surface area contributed by atoms with E-state index in [1.54, 1.807) is 11.3 Å². The number of rotatable bonds is 4. The largest absolute Gasteiger partial charge is 0.348 e. The highest BCUT2D eigenvalue weighted by atomic mass is 32.1. The van der Waals surface area contributed by atoms with Gasteiger partial charge in [0.05, 0.1) is 0 Å². The standard InChI is InChI=1S/C9H15N3S/c1-10-5-8-6-11-9(13-8)12(2)7-3-4-7/h6-7,10H,3-5H2,1-2H3. The van der Waals surface area contributed by atoms with E-state index >= 15 is 0 Å². The molecule has 0 atom stereocenters. The maximum Gasteiger partial charge on any atom is 0.185 e. The molecule has 0 radical (unpaired) electrons. The first-order valence-electron chi connectivity index (χ1n) is 4.63. The van der Waals surface area contributed by atoms with Crippen LogP contribution in [-0.4, -0.2) is 25.1 Å². The first kappa shape index (κ1) is 8.97. The van der Waals surface area contributed by atoms with E-state index in [1.807, 2.05) is 13.2 Å². The van der Waals surface area contributed by atoms with Crippen molar-refractivity contribution in [2.75, 3.05) is 19.0 Å². The Hall–Kier alpha value is -0.610. The fraction of sp³-hybridized carbons (Fsp3) is 0.667. The molecule has 3 nitrogen and oxygen atoms in total. The molecule has 0 bridgehead atoms. The van der Waals surface area contributed by atoms with Crippen LogP contribution in [0, 0.1) is 0 Å². The summed E-state index contributed by atoms with van der Waals surface area (Å²) in [5.41, 5.74) is 0. The van der Waals surface area contributed by atoms with Gasteiger partial charge in [0.15, 0.2) is 5.13 Å². The lowest BCUT2D eigenvalue weighted by Crippen LogP contribution is -2.18. The predicted molar refractivity (Wildman–Crippen MR) is 56.3 cm³/mol. The van der Waals surface area contributed by atoms with E-state index in [0.29, 0.717) is 0 Å². The van der Waals surface area contributed by atoms with Gasteiger partial charge in [0.1, 0.15) is 0 Å². The molecule has 0 spiro atoms. The molecule has 2 rings (SSSR count). The lowest BCUT2D eigenvalue weighted by molar-refractivity contribution is 0.829. The van der Waals surface area contributed by atoms with E-state index in [2.05, 4.69) is 22.2 Å². The van der Waals surface area contributed by atoms with Gasteiger partial charge < -0.3 is 10.2 Å².